The average molecular weight is 278 g/mol. The van der Waals surface area contributed by atoms with Crippen LogP contribution in [-0.2, 0) is 7.05 Å². The lowest BCUT2D eigenvalue weighted by Crippen LogP contribution is -2.27. The summed E-state index contributed by atoms with van der Waals surface area (Å²) in [4.78, 5) is 27.8. The highest BCUT2D eigenvalue weighted by Crippen LogP contribution is 2.06. The number of carbonyl (C=O) groups excluding carboxylic acids is 2. The third kappa shape index (κ3) is 4.01. The number of hydrogen-bond donors (Lipinski definition) is 2. The van der Waals surface area contributed by atoms with Crippen molar-refractivity contribution in [2.75, 3.05) is 0 Å². The molecule has 0 unspecified atom stereocenters. The van der Waals surface area contributed by atoms with Crippen LogP contribution >= 0.6 is 0 Å². The fourth-order valence-electron chi connectivity index (χ4n) is 1.30. The number of hydrogen-bond acceptors (Lipinski definition) is 5. The standard InChI is InChI=1S/C12H18N6O2/c1-7(2)14-16-11(19)9-10(18(5)6-13-9)12(20)17-15-8(3)4/h6H,1-5H3,(H,16,19)(H,17,20). The molecule has 0 aromatic carbocycles. The van der Waals surface area contributed by atoms with Gasteiger partial charge in [-0.2, -0.15) is 10.2 Å². The first-order valence-electron chi connectivity index (χ1n) is 5.96. The summed E-state index contributed by atoms with van der Waals surface area (Å²) in [6.45, 7) is 6.97. The summed E-state index contributed by atoms with van der Waals surface area (Å²) in [7, 11) is 1.62. The second-order valence-corrected chi connectivity index (χ2v) is 4.55. The molecule has 0 aliphatic carbocycles. The molecular formula is C12H18N6O2. The van der Waals surface area contributed by atoms with Gasteiger partial charge in [0.25, 0.3) is 11.8 Å². The van der Waals surface area contributed by atoms with Gasteiger partial charge < -0.3 is 4.57 Å². The minimum Gasteiger partial charge on any atom is -0.329 e. The van der Waals surface area contributed by atoms with Crippen LogP contribution in [0, 0.1) is 0 Å². The van der Waals surface area contributed by atoms with E-state index in [4.69, 9.17) is 0 Å². The Kier molecular flexibility index (Phi) is 5.13. The first-order chi connectivity index (χ1) is 9.32. The van der Waals surface area contributed by atoms with Gasteiger partial charge in [0.1, 0.15) is 5.69 Å². The molecule has 1 aromatic heterocycles. The van der Waals surface area contributed by atoms with Crippen LogP contribution in [-0.4, -0.2) is 32.8 Å². The van der Waals surface area contributed by atoms with Crippen LogP contribution in [0.4, 0.5) is 0 Å². The molecule has 1 heterocycles. The van der Waals surface area contributed by atoms with E-state index in [2.05, 4.69) is 26.0 Å². The number of nitrogens with one attached hydrogen (secondary N) is 2. The number of nitrogens with zero attached hydrogens (tertiary/aromatic N) is 4. The molecule has 0 aliphatic rings. The molecule has 0 saturated heterocycles. The van der Waals surface area contributed by atoms with Crippen LogP contribution in [0.25, 0.3) is 0 Å². The Morgan fingerprint density at radius 2 is 1.55 bits per heavy atom. The topological polar surface area (TPSA) is 101 Å². The molecule has 20 heavy (non-hydrogen) atoms. The fourth-order valence-corrected chi connectivity index (χ4v) is 1.30. The van der Waals surface area contributed by atoms with E-state index in [0.717, 1.165) is 0 Å². The van der Waals surface area contributed by atoms with E-state index < -0.39 is 11.8 Å². The predicted molar refractivity (Wildman–Crippen MR) is 75.7 cm³/mol. The van der Waals surface area contributed by atoms with E-state index in [9.17, 15) is 9.59 Å². The van der Waals surface area contributed by atoms with Crippen LogP contribution < -0.4 is 10.9 Å². The summed E-state index contributed by atoms with van der Waals surface area (Å²) >= 11 is 0. The monoisotopic (exact) mass is 278 g/mol. The Balaban J connectivity index is 3.00. The van der Waals surface area contributed by atoms with Crippen molar-refractivity contribution in [3.8, 4) is 0 Å². The number of imidazole rings is 1. The zero-order valence-electron chi connectivity index (χ0n) is 12.2. The van der Waals surface area contributed by atoms with Crippen molar-refractivity contribution >= 4 is 23.2 Å². The molecule has 2 N–H and O–H groups in total. The van der Waals surface area contributed by atoms with E-state index in [1.54, 1.807) is 34.7 Å². The van der Waals surface area contributed by atoms with Gasteiger partial charge in [0.2, 0.25) is 0 Å². The van der Waals surface area contributed by atoms with Gasteiger partial charge in [0.05, 0.1) is 6.33 Å². The highest BCUT2D eigenvalue weighted by atomic mass is 16.2. The summed E-state index contributed by atoms with van der Waals surface area (Å²) in [5, 5.41) is 7.61. The number of hydrazone groups is 2. The first kappa shape index (κ1) is 15.5. The van der Waals surface area contributed by atoms with Gasteiger partial charge in [0, 0.05) is 18.5 Å². The highest BCUT2D eigenvalue weighted by Gasteiger charge is 2.22. The van der Waals surface area contributed by atoms with E-state index in [0.29, 0.717) is 11.4 Å². The molecule has 0 atom stereocenters. The van der Waals surface area contributed by atoms with Crippen molar-refractivity contribution in [3.05, 3.63) is 17.7 Å². The quantitative estimate of drug-likeness (QED) is 0.625. The molecule has 0 bridgehead atoms. The Hall–Kier alpha value is -2.51. The zero-order chi connectivity index (χ0) is 15.3. The molecule has 0 fully saturated rings. The molecule has 1 rings (SSSR count). The molecule has 0 spiro atoms. The first-order valence-corrected chi connectivity index (χ1v) is 5.96. The maximum absolute atomic E-state index is 12.0. The normalized spacial score (nSPS) is 9.65. The Bertz CT molecular complexity index is 577. The summed E-state index contributed by atoms with van der Waals surface area (Å²) in [5.41, 5.74) is 6.19. The number of carbonyl (C=O) groups is 2. The fraction of sp³-hybridized carbons (Fsp3) is 0.417. The van der Waals surface area contributed by atoms with Gasteiger partial charge in [-0.15, -0.1) is 0 Å². The lowest BCUT2D eigenvalue weighted by molar-refractivity contribution is 0.0912. The third-order valence-electron chi connectivity index (χ3n) is 2.13. The molecular weight excluding hydrogens is 260 g/mol. The molecule has 0 aliphatic heterocycles. The molecule has 8 nitrogen and oxygen atoms in total. The summed E-state index contributed by atoms with van der Waals surface area (Å²) in [6.07, 6.45) is 1.38. The maximum Gasteiger partial charge on any atom is 0.292 e. The summed E-state index contributed by atoms with van der Waals surface area (Å²) in [6, 6.07) is 0. The molecule has 1 aromatic rings. The van der Waals surface area contributed by atoms with Crippen LogP contribution in [0.15, 0.2) is 16.5 Å². The number of aryl methyl sites for hydroxylation is 1. The predicted octanol–water partition coefficient (Wildman–Crippen LogP) is 0.671. The minimum absolute atomic E-state index is 0.000967. The maximum atomic E-state index is 12.0. The smallest absolute Gasteiger partial charge is 0.292 e. The van der Waals surface area contributed by atoms with E-state index in [1.165, 1.54) is 10.9 Å². The zero-order valence-corrected chi connectivity index (χ0v) is 12.2. The molecule has 8 heteroatoms. The largest absolute Gasteiger partial charge is 0.329 e. The van der Waals surface area contributed by atoms with Gasteiger partial charge in [-0.3, -0.25) is 9.59 Å². The van der Waals surface area contributed by atoms with Crippen LogP contribution in [0.5, 0.6) is 0 Å². The van der Waals surface area contributed by atoms with Crippen molar-refractivity contribution in [1.29, 1.82) is 0 Å². The Morgan fingerprint density at radius 1 is 1.05 bits per heavy atom. The minimum atomic E-state index is -0.547. The second-order valence-electron chi connectivity index (χ2n) is 4.55. The van der Waals surface area contributed by atoms with Crippen molar-refractivity contribution in [3.63, 3.8) is 0 Å². The molecule has 0 radical (unpaired) electrons. The van der Waals surface area contributed by atoms with E-state index in [1.807, 2.05) is 0 Å². The van der Waals surface area contributed by atoms with Crippen molar-refractivity contribution < 1.29 is 9.59 Å². The van der Waals surface area contributed by atoms with Gasteiger partial charge in [-0.25, -0.2) is 15.8 Å². The lowest BCUT2D eigenvalue weighted by atomic mass is 10.3. The van der Waals surface area contributed by atoms with Gasteiger partial charge in [-0.05, 0) is 27.7 Å². The SMILES string of the molecule is CC(C)=NNC(=O)c1ncn(C)c1C(=O)NN=C(C)C. The van der Waals surface area contributed by atoms with Gasteiger partial charge >= 0.3 is 0 Å². The average Bonchev–Trinajstić information content (AvgIpc) is 2.75. The third-order valence-corrected chi connectivity index (χ3v) is 2.13. The van der Waals surface area contributed by atoms with E-state index in [-0.39, 0.29) is 11.4 Å². The van der Waals surface area contributed by atoms with Crippen LogP contribution in [0.2, 0.25) is 0 Å². The number of amides is 2. The van der Waals surface area contributed by atoms with Crippen LogP contribution in [0.1, 0.15) is 48.7 Å². The van der Waals surface area contributed by atoms with Crippen molar-refractivity contribution in [1.82, 2.24) is 20.4 Å². The van der Waals surface area contributed by atoms with E-state index >= 15 is 0 Å². The molecule has 108 valence electrons. The summed E-state index contributed by atoms with van der Waals surface area (Å²) in [5.74, 6) is -1.05. The highest BCUT2D eigenvalue weighted by molar-refractivity contribution is 6.05. The number of rotatable bonds is 4. The number of aromatic nitrogens is 2. The second kappa shape index (κ2) is 6.60. The lowest BCUT2D eigenvalue weighted by Gasteiger charge is -2.04. The summed E-state index contributed by atoms with van der Waals surface area (Å²) < 4.78 is 1.45. The van der Waals surface area contributed by atoms with Crippen molar-refractivity contribution in [2.24, 2.45) is 17.3 Å². The van der Waals surface area contributed by atoms with Gasteiger partial charge in [0.15, 0.2) is 5.69 Å². The van der Waals surface area contributed by atoms with Gasteiger partial charge in [-0.1, -0.05) is 0 Å². The van der Waals surface area contributed by atoms with Crippen LogP contribution in [0.3, 0.4) is 0 Å². The Labute approximate surface area is 117 Å². The van der Waals surface area contributed by atoms with Crippen molar-refractivity contribution in [2.45, 2.75) is 27.7 Å². The Morgan fingerprint density at radius 3 is 2.05 bits per heavy atom. The molecule has 0 saturated carbocycles. The molecule has 2 amide bonds.